The van der Waals surface area contributed by atoms with E-state index in [0.29, 0.717) is 0 Å². The lowest BCUT2D eigenvalue weighted by atomic mass is 10.1. The second kappa shape index (κ2) is 9.76. The van der Waals surface area contributed by atoms with Gasteiger partial charge in [-0.15, -0.1) is 0 Å². The Balaban J connectivity index is 3.07. The molecule has 182 valence electrons. The number of rotatable bonds is 7. The molecule has 0 saturated carbocycles. The molecule has 15 heteroatoms. The first-order valence-corrected chi connectivity index (χ1v) is 10.5. The minimum Gasteiger partial charge on any atom is -0.387 e. The van der Waals surface area contributed by atoms with Crippen LogP contribution in [0.2, 0.25) is 0 Å². The zero-order valence-corrected chi connectivity index (χ0v) is 17.3. The molecular weight excluding hydrogens is 504 g/mol. The van der Waals surface area contributed by atoms with Crippen LogP contribution in [0.4, 0.5) is 52.7 Å². The topological polar surface area (TPSA) is 18.5 Å². The van der Waals surface area contributed by atoms with Crippen LogP contribution in [0, 0.1) is 58.2 Å². The van der Waals surface area contributed by atoms with Gasteiger partial charge in [-0.25, -0.2) is 52.7 Å². The molecule has 33 heavy (non-hydrogen) atoms. The normalized spacial score (nSPS) is 12.9. The van der Waals surface area contributed by atoms with E-state index in [1.807, 2.05) is 0 Å². The third kappa shape index (κ3) is 4.12. The summed E-state index contributed by atoms with van der Waals surface area (Å²) in [6.45, 7) is 0.278. The van der Waals surface area contributed by atoms with Gasteiger partial charge in [-0.05, 0) is 13.8 Å². The fraction of sp³-hybridized carbons (Fsp3) is 0.222. The average Bonchev–Trinajstić information content (AvgIpc) is 2.78. The van der Waals surface area contributed by atoms with Crippen LogP contribution in [0.5, 0.6) is 0 Å². The highest BCUT2D eigenvalue weighted by Gasteiger charge is 2.54. The fourth-order valence-corrected chi connectivity index (χ4v) is 5.64. The monoisotopic (exact) mass is 514 g/mol. The Morgan fingerprint density at radius 2 is 0.848 bits per heavy atom. The van der Waals surface area contributed by atoms with Crippen LogP contribution < -0.4 is 5.19 Å². The first-order chi connectivity index (χ1) is 15.3. The minimum atomic E-state index is -6.02. The van der Waals surface area contributed by atoms with Gasteiger partial charge in [0.05, 0.1) is 10.8 Å². The summed E-state index contributed by atoms with van der Waals surface area (Å²) in [4.78, 5) is 0. The third-order valence-corrected chi connectivity index (χ3v) is 7.43. The highest BCUT2D eigenvalue weighted by atomic mass is 28.4. The van der Waals surface area contributed by atoms with Crippen molar-refractivity contribution in [1.82, 2.24) is 0 Å². The van der Waals surface area contributed by atoms with Crippen LogP contribution in [0.15, 0.2) is 5.45 Å². The Labute approximate surface area is 178 Å². The van der Waals surface area contributed by atoms with Gasteiger partial charge in [0, 0.05) is 13.2 Å². The van der Waals surface area contributed by atoms with E-state index in [1.54, 1.807) is 0 Å². The quantitative estimate of drug-likeness (QED) is 0.206. The van der Waals surface area contributed by atoms with Crippen LogP contribution >= 0.6 is 0 Å². The fourth-order valence-electron chi connectivity index (χ4n) is 2.77. The molecule has 0 bridgehead atoms. The number of hydrogen-bond donors (Lipinski definition) is 0. The summed E-state index contributed by atoms with van der Waals surface area (Å²) in [5.74, 6) is -30.2. The van der Waals surface area contributed by atoms with Gasteiger partial charge in [-0.2, -0.15) is 0 Å². The minimum absolute atomic E-state index is 0.844. The lowest BCUT2D eigenvalue weighted by Gasteiger charge is -2.29. The molecular formula is C18H10F12O2Si. The second-order valence-corrected chi connectivity index (χ2v) is 8.75. The van der Waals surface area contributed by atoms with E-state index < -0.39 is 102 Å². The molecule has 2 aromatic rings. The Bertz CT molecular complexity index is 1070. The van der Waals surface area contributed by atoms with Gasteiger partial charge in [-0.3, -0.25) is 0 Å². The molecule has 0 atom stereocenters. The van der Waals surface area contributed by atoms with Gasteiger partial charge in [0.15, 0.2) is 57.8 Å². The summed E-state index contributed by atoms with van der Waals surface area (Å²) in [5.41, 5.74) is -5.28. The Morgan fingerprint density at radius 3 is 1.18 bits per heavy atom. The molecule has 0 heterocycles. The first kappa shape index (κ1) is 26.7. The van der Waals surface area contributed by atoms with Gasteiger partial charge in [0.2, 0.25) is 11.6 Å². The first-order valence-electron chi connectivity index (χ1n) is 8.67. The average molecular weight is 514 g/mol. The Kier molecular flexibility index (Phi) is 7.91. The van der Waals surface area contributed by atoms with Gasteiger partial charge in [0.1, 0.15) is 0 Å². The molecule has 0 aliphatic heterocycles. The molecule has 0 aliphatic carbocycles. The largest absolute Gasteiger partial charge is 0.446 e. The van der Waals surface area contributed by atoms with Crippen molar-refractivity contribution in [3.05, 3.63) is 69.2 Å². The summed E-state index contributed by atoms with van der Waals surface area (Å²) in [6.07, 6.45) is 0. The van der Waals surface area contributed by atoms with E-state index in [4.69, 9.17) is 8.85 Å². The zero-order valence-electron chi connectivity index (χ0n) is 16.3. The Hall–Kier alpha value is -2.52. The lowest BCUT2D eigenvalue weighted by molar-refractivity contribution is 0.193. The molecule has 0 saturated heterocycles. The summed E-state index contributed by atoms with van der Waals surface area (Å²) in [6, 6.07) is 0. The van der Waals surface area contributed by atoms with E-state index in [0.717, 1.165) is 13.8 Å². The number of halogens is 12. The molecule has 2 aromatic carbocycles. The maximum absolute atomic E-state index is 15.3. The van der Waals surface area contributed by atoms with Crippen molar-refractivity contribution >= 4 is 19.6 Å². The highest BCUT2D eigenvalue weighted by molar-refractivity contribution is 6.87. The van der Waals surface area contributed by atoms with Crippen molar-refractivity contribution in [3.8, 4) is 0 Å². The zero-order chi connectivity index (χ0) is 25.4. The summed E-state index contributed by atoms with van der Waals surface area (Å²) in [5, 5.41) is -2.14. The molecule has 0 amide bonds. The number of benzene rings is 2. The van der Waals surface area contributed by atoms with Crippen LogP contribution in [-0.2, 0) is 8.85 Å². The van der Waals surface area contributed by atoms with E-state index in [9.17, 15) is 48.3 Å². The predicted octanol–water partition coefficient (Wildman–Crippen LogP) is 5.65. The highest BCUT2D eigenvalue weighted by Crippen LogP contribution is 2.36. The molecule has 0 unspecified atom stereocenters. The molecule has 0 aromatic heterocycles. The van der Waals surface area contributed by atoms with Gasteiger partial charge in [-0.1, -0.05) is 0 Å². The van der Waals surface area contributed by atoms with E-state index in [-0.39, 0.29) is 0 Å². The second-order valence-electron chi connectivity index (χ2n) is 6.00. The van der Waals surface area contributed by atoms with Gasteiger partial charge in [0.25, 0.3) is 0 Å². The lowest BCUT2D eigenvalue weighted by Crippen LogP contribution is -2.59. The summed E-state index contributed by atoms with van der Waals surface area (Å²) >= 11 is 0. The van der Waals surface area contributed by atoms with E-state index in [1.165, 1.54) is 0 Å². The van der Waals surface area contributed by atoms with E-state index in [2.05, 4.69) is 0 Å². The molecule has 0 N–H and O–H groups in total. The molecule has 2 nitrogen and oxygen atoms in total. The van der Waals surface area contributed by atoms with Crippen molar-refractivity contribution in [3.63, 3.8) is 0 Å². The molecule has 0 fully saturated rings. The molecule has 0 radical (unpaired) electrons. The van der Waals surface area contributed by atoms with Crippen LogP contribution in [-0.4, -0.2) is 21.8 Å². The van der Waals surface area contributed by atoms with Gasteiger partial charge < -0.3 is 8.85 Å². The van der Waals surface area contributed by atoms with E-state index >= 15 is 4.39 Å². The maximum atomic E-state index is 15.3. The van der Waals surface area contributed by atoms with Crippen molar-refractivity contribution in [2.45, 2.75) is 13.8 Å². The molecule has 0 spiro atoms. The third-order valence-electron chi connectivity index (χ3n) is 4.15. The van der Waals surface area contributed by atoms with Crippen molar-refractivity contribution in [1.29, 1.82) is 0 Å². The molecule has 0 aliphatic rings. The molecule has 2 rings (SSSR count). The van der Waals surface area contributed by atoms with Crippen LogP contribution in [0.3, 0.4) is 0 Å². The van der Waals surface area contributed by atoms with Crippen molar-refractivity contribution < 1.29 is 61.5 Å². The van der Waals surface area contributed by atoms with Crippen molar-refractivity contribution in [2.24, 2.45) is 0 Å². The Morgan fingerprint density at radius 1 is 0.545 bits per heavy atom. The standard InChI is InChI=1S/C18H10F12O2Si/c1-3-31-33(32-4-2,17-15(28)13(26)12(25)14(27)16(17)29)18(30)8(21)5-6(19)9(22)11(24)10(23)7(5)20/h3-4H2,1-2H3. The maximum Gasteiger partial charge on any atom is 0.446 e. The smallest absolute Gasteiger partial charge is 0.387 e. The SMILES string of the molecule is CCO[Si](OCC)(C(F)=C(F)c1c(F)c(F)c(F)c(F)c1F)c1c(F)c(F)c(F)c(F)c1F. The predicted molar refractivity (Wildman–Crippen MR) is 90.2 cm³/mol. The van der Waals surface area contributed by atoms with Gasteiger partial charge >= 0.3 is 8.56 Å². The van der Waals surface area contributed by atoms with Crippen molar-refractivity contribution in [2.75, 3.05) is 13.2 Å². The van der Waals surface area contributed by atoms with Crippen LogP contribution in [0.1, 0.15) is 19.4 Å². The summed E-state index contributed by atoms with van der Waals surface area (Å²) < 4.78 is 177. The summed E-state index contributed by atoms with van der Waals surface area (Å²) in [7, 11) is -6.02. The van der Waals surface area contributed by atoms with Crippen LogP contribution in [0.25, 0.3) is 5.83 Å². The number of hydrogen-bond acceptors (Lipinski definition) is 2.